The van der Waals surface area contributed by atoms with Crippen molar-refractivity contribution in [1.82, 2.24) is 0 Å². The number of nitrogens with zero attached hydrogens (tertiary/aromatic N) is 1. The first-order chi connectivity index (χ1) is 7.31. The largest absolute Gasteiger partial charge is 0.383 e. The molecule has 0 saturated carbocycles. The molecule has 0 bridgehead atoms. The summed E-state index contributed by atoms with van der Waals surface area (Å²) in [6.07, 6.45) is 1.13. The second-order valence-electron chi connectivity index (χ2n) is 4.04. The van der Waals surface area contributed by atoms with Gasteiger partial charge in [0.25, 0.3) is 0 Å². The van der Waals surface area contributed by atoms with Gasteiger partial charge in [-0.15, -0.1) is 0 Å². The number of fused-ring (bicyclic) bond motifs is 1. The summed E-state index contributed by atoms with van der Waals surface area (Å²) in [6, 6.07) is 8.64. The van der Waals surface area contributed by atoms with Crippen LogP contribution in [0.25, 0.3) is 0 Å². The van der Waals surface area contributed by atoms with Crippen molar-refractivity contribution in [1.29, 1.82) is 0 Å². The minimum Gasteiger partial charge on any atom is -0.383 e. The quantitative estimate of drug-likeness (QED) is 0.799. The number of nitrogens with two attached hydrogens (primary N) is 1. The number of ether oxygens (including phenoxy) is 1. The minimum absolute atomic E-state index is 0.0983. The van der Waals surface area contributed by atoms with Crippen LogP contribution in [-0.2, 0) is 11.2 Å². The molecule has 1 unspecified atom stereocenters. The Morgan fingerprint density at radius 1 is 1.47 bits per heavy atom. The van der Waals surface area contributed by atoms with Gasteiger partial charge in [-0.3, -0.25) is 0 Å². The van der Waals surface area contributed by atoms with Gasteiger partial charge < -0.3 is 15.4 Å². The smallest absolute Gasteiger partial charge is 0.0631 e. The van der Waals surface area contributed by atoms with Crippen LogP contribution in [0.4, 0.5) is 5.69 Å². The Kier molecular flexibility index (Phi) is 3.23. The molecule has 1 aromatic rings. The first-order valence-corrected chi connectivity index (χ1v) is 5.38. The van der Waals surface area contributed by atoms with Crippen molar-refractivity contribution in [2.45, 2.75) is 12.5 Å². The van der Waals surface area contributed by atoms with Crippen molar-refractivity contribution in [2.75, 3.05) is 31.7 Å². The van der Waals surface area contributed by atoms with Crippen molar-refractivity contribution >= 4 is 5.69 Å². The Balaban J connectivity index is 2.01. The van der Waals surface area contributed by atoms with E-state index in [1.165, 1.54) is 11.3 Å². The zero-order valence-electron chi connectivity index (χ0n) is 9.15. The van der Waals surface area contributed by atoms with Gasteiger partial charge in [-0.05, 0) is 18.1 Å². The number of anilines is 1. The lowest BCUT2D eigenvalue weighted by molar-refractivity contribution is 0.181. The van der Waals surface area contributed by atoms with Crippen LogP contribution in [-0.4, -0.2) is 32.8 Å². The third kappa shape index (κ3) is 2.30. The van der Waals surface area contributed by atoms with E-state index in [4.69, 9.17) is 10.5 Å². The molecule has 3 heteroatoms. The lowest BCUT2D eigenvalue weighted by Crippen LogP contribution is -2.39. The van der Waals surface area contributed by atoms with E-state index in [-0.39, 0.29) is 6.04 Å². The second-order valence-corrected chi connectivity index (χ2v) is 4.04. The molecule has 1 aromatic carbocycles. The summed E-state index contributed by atoms with van der Waals surface area (Å²) >= 11 is 0. The van der Waals surface area contributed by atoms with Crippen LogP contribution in [0.5, 0.6) is 0 Å². The first kappa shape index (κ1) is 10.5. The highest BCUT2D eigenvalue weighted by molar-refractivity contribution is 5.57. The third-order valence-electron chi connectivity index (χ3n) is 2.82. The summed E-state index contributed by atoms with van der Waals surface area (Å²) < 4.78 is 5.05. The maximum absolute atomic E-state index is 5.95. The fourth-order valence-corrected chi connectivity index (χ4v) is 2.15. The van der Waals surface area contributed by atoms with Gasteiger partial charge in [0.2, 0.25) is 0 Å². The van der Waals surface area contributed by atoms with E-state index in [2.05, 4.69) is 29.2 Å². The zero-order valence-corrected chi connectivity index (χ0v) is 9.15. The van der Waals surface area contributed by atoms with E-state index in [1.54, 1.807) is 7.11 Å². The van der Waals surface area contributed by atoms with Gasteiger partial charge in [-0.25, -0.2) is 0 Å². The molecule has 2 rings (SSSR count). The summed E-state index contributed by atoms with van der Waals surface area (Å²) in [5.41, 5.74) is 8.72. The normalized spacial score (nSPS) is 16.5. The van der Waals surface area contributed by atoms with Crippen molar-refractivity contribution in [3.8, 4) is 0 Å². The topological polar surface area (TPSA) is 38.5 Å². The van der Waals surface area contributed by atoms with Gasteiger partial charge in [-0.1, -0.05) is 18.2 Å². The van der Waals surface area contributed by atoms with Crippen LogP contribution in [0, 0.1) is 0 Å². The molecule has 2 N–H and O–H groups in total. The summed E-state index contributed by atoms with van der Waals surface area (Å²) in [5.74, 6) is 0. The van der Waals surface area contributed by atoms with E-state index >= 15 is 0 Å². The summed E-state index contributed by atoms with van der Waals surface area (Å²) in [6.45, 7) is 2.58. The molecule has 0 aliphatic carbocycles. The van der Waals surface area contributed by atoms with E-state index < -0.39 is 0 Å². The number of benzene rings is 1. The monoisotopic (exact) mass is 206 g/mol. The lowest BCUT2D eigenvalue weighted by Gasteiger charge is -2.23. The summed E-state index contributed by atoms with van der Waals surface area (Å²) in [5, 5.41) is 0. The molecule has 82 valence electrons. The zero-order chi connectivity index (χ0) is 10.7. The second kappa shape index (κ2) is 4.64. The van der Waals surface area contributed by atoms with E-state index in [1.807, 2.05) is 0 Å². The highest BCUT2D eigenvalue weighted by Crippen LogP contribution is 2.26. The maximum atomic E-state index is 5.95. The van der Waals surface area contributed by atoms with E-state index in [9.17, 15) is 0 Å². The van der Waals surface area contributed by atoms with Gasteiger partial charge in [0.1, 0.15) is 0 Å². The van der Waals surface area contributed by atoms with Crippen LogP contribution >= 0.6 is 0 Å². The SMILES string of the molecule is COCC(N)CN1CCc2ccccc21. The van der Waals surface area contributed by atoms with Gasteiger partial charge in [0.05, 0.1) is 6.61 Å². The van der Waals surface area contributed by atoms with Crippen LogP contribution in [0.3, 0.4) is 0 Å². The average molecular weight is 206 g/mol. The average Bonchev–Trinajstić information content (AvgIpc) is 2.62. The molecule has 1 heterocycles. The lowest BCUT2D eigenvalue weighted by atomic mass is 10.2. The van der Waals surface area contributed by atoms with Crippen LogP contribution in [0.15, 0.2) is 24.3 Å². The number of hydrogen-bond donors (Lipinski definition) is 1. The Morgan fingerprint density at radius 3 is 3.07 bits per heavy atom. The fraction of sp³-hybridized carbons (Fsp3) is 0.500. The van der Waals surface area contributed by atoms with Gasteiger partial charge in [0, 0.05) is 31.9 Å². The molecule has 1 atom stereocenters. The van der Waals surface area contributed by atoms with Crippen LogP contribution < -0.4 is 10.6 Å². The summed E-state index contributed by atoms with van der Waals surface area (Å²) in [4.78, 5) is 2.35. The molecule has 0 fully saturated rings. The number of methoxy groups -OCH3 is 1. The number of hydrogen-bond acceptors (Lipinski definition) is 3. The fourth-order valence-electron chi connectivity index (χ4n) is 2.15. The van der Waals surface area contributed by atoms with Crippen molar-refractivity contribution < 1.29 is 4.74 Å². The predicted molar refractivity (Wildman–Crippen MR) is 62.2 cm³/mol. The molecule has 1 aliphatic heterocycles. The van der Waals surface area contributed by atoms with E-state index in [0.717, 1.165) is 19.5 Å². The first-order valence-electron chi connectivity index (χ1n) is 5.38. The van der Waals surface area contributed by atoms with Crippen LogP contribution in [0.1, 0.15) is 5.56 Å². The summed E-state index contributed by atoms with van der Waals surface area (Å²) in [7, 11) is 1.69. The van der Waals surface area contributed by atoms with Gasteiger partial charge >= 0.3 is 0 Å². The Labute approximate surface area is 90.8 Å². The standard InChI is InChI=1S/C12H18N2O/c1-15-9-11(13)8-14-7-6-10-4-2-3-5-12(10)14/h2-5,11H,6-9,13H2,1H3. The highest BCUT2D eigenvalue weighted by Gasteiger charge is 2.19. The predicted octanol–water partition coefficient (Wildman–Crippen LogP) is 1.02. The molecule has 0 aromatic heterocycles. The molecule has 0 amide bonds. The number of rotatable bonds is 4. The van der Waals surface area contributed by atoms with Crippen molar-refractivity contribution in [3.05, 3.63) is 29.8 Å². The van der Waals surface area contributed by atoms with Gasteiger partial charge in [0.15, 0.2) is 0 Å². The van der Waals surface area contributed by atoms with Crippen LogP contribution in [0.2, 0.25) is 0 Å². The van der Waals surface area contributed by atoms with Gasteiger partial charge in [-0.2, -0.15) is 0 Å². The Hall–Kier alpha value is -1.06. The molecule has 0 spiro atoms. The van der Waals surface area contributed by atoms with Crippen molar-refractivity contribution in [3.63, 3.8) is 0 Å². The van der Waals surface area contributed by atoms with E-state index in [0.29, 0.717) is 6.61 Å². The molecular formula is C12H18N2O. The molecule has 0 radical (unpaired) electrons. The molecule has 3 nitrogen and oxygen atoms in total. The highest BCUT2D eigenvalue weighted by atomic mass is 16.5. The minimum atomic E-state index is 0.0983. The maximum Gasteiger partial charge on any atom is 0.0631 e. The molecular weight excluding hydrogens is 188 g/mol. The van der Waals surface area contributed by atoms with Crippen molar-refractivity contribution in [2.24, 2.45) is 5.73 Å². The molecule has 1 aliphatic rings. The molecule has 0 saturated heterocycles. The Bertz CT molecular complexity index is 327. The molecule has 15 heavy (non-hydrogen) atoms. The number of para-hydroxylation sites is 1. The Morgan fingerprint density at radius 2 is 2.27 bits per heavy atom. The third-order valence-corrected chi connectivity index (χ3v) is 2.82.